The second kappa shape index (κ2) is 7.19. The number of carbonyl (C=O) groups excluding carboxylic acids is 2. The summed E-state index contributed by atoms with van der Waals surface area (Å²) in [4.78, 5) is 28.5. The number of nitrogens with zero attached hydrogens (tertiary/aromatic N) is 1. The van der Waals surface area contributed by atoms with Gasteiger partial charge in [0.2, 0.25) is 0 Å². The molecule has 1 saturated heterocycles. The molecule has 3 fully saturated rings. The van der Waals surface area contributed by atoms with Gasteiger partial charge >= 0.3 is 11.9 Å². The Morgan fingerprint density at radius 2 is 2.18 bits per heavy atom. The van der Waals surface area contributed by atoms with E-state index in [1.54, 1.807) is 18.5 Å². The first kappa shape index (κ1) is 18.9. The number of ether oxygens (including phenoxy) is 2. The highest BCUT2D eigenvalue weighted by atomic mass is 16.6. The number of hydrogen-bond donors (Lipinski definition) is 0. The second-order valence-corrected chi connectivity index (χ2v) is 8.71. The summed E-state index contributed by atoms with van der Waals surface area (Å²) in [6.45, 7) is 8.37. The quantitative estimate of drug-likeness (QED) is 0.586. The van der Waals surface area contributed by atoms with Gasteiger partial charge in [0, 0.05) is 41.8 Å². The van der Waals surface area contributed by atoms with E-state index in [9.17, 15) is 9.59 Å². The SMILES string of the molecule is C=C1C(=O)OC2C1CCC1(C)CCC(OC(=O)C=Cc3cccnc3)C(C)C21. The van der Waals surface area contributed by atoms with Crippen molar-refractivity contribution in [3.8, 4) is 0 Å². The van der Waals surface area contributed by atoms with E-state index in [0.29, 0.717) is 5.57 Å². The largest absolute Gasteiger partial charge is 0.459 e. The van der Waals surface area contributed by atoms with Crippen LogP contribution in [-0.4, -0.2) is 29.1 Å². The van der Waals surface area contributed by atoms with E-state index >= 15 is 0 Å². The van der Waals surface area contributed by atoms with Gasteiger partial charge in [-0.3, -0.25) is 4.98 Å². The monoisotopic (exact) mass is 381 g/mol. The molecule has 5 nitrogen and oxygen atoms in total. The number of hydrogen-bond acceptors (Lipinski definition) is 5. The number of pyridine rings is 1. The molecule has 1 aliphatic heterocycles. The van der Waals surface area contributed by atoms with E-state index < -0.39 is 0 Å². The Balaban J connectivity index is 1.47. The van der Waals surface area contributed by atoms with Gasteiger partial charge in [0.25, 0.3) is 0 Å². The third-order valence-electron chi connectivity index (χ3n) is 7.05. The van der Waals surface area contributed by atoms with Crippen molar-refractivity contribution in [2.45, 2.75) is 51.7 Å². The van der Waals surface area contributed by atoms with Crippen molar-refractivity contribution in [2.75, 3.05) is 0 Å². The molecule has 0 bridgehead atoms. The van der Waals surface area contributed by atoms with Crippen molar-refractivity contribution >= 4 is 18.0 Å². The van der Waals surface area contributed by atoms with Crippen LogP contribution in [0.15, 0.2) is 42.8 Å². The first-order chi connectivity index (χ1) is 13.4. The van der Waals surface area contributed by atoms with E-state index in [4.69, 9.17) is 9.47 Å². The van der Waals surface area contributed by atoms with Gasteiger partial charge in [-0.1, -0.05) is 26.5 Å². The van der Waals surface area contributed by atoms with Crippen molar-refractivity contribution in [3.63, 3.8) is 0 Å². The maximum atomic E-state index is 12.4. The number of fused-ring (bicyclic) bond motifs is 3. The predicted molar refractivity (Wildman–Crippen MR) is 105 cm³/mol. The summed E-state index contributed by atoms with van der Waals surface area (Å²) in [6.07, 6.45) is 10.1. The van der Waals surface area contributed by atoms with Crippen LogP contribution in [0.3, 0.4) is 0 Å². The van der Waals surface area contributed by atoms with Crippen LogP contribution in [0.2, 0.25) is 0 Å². The summed E-state index contributed by atoms with van der Waals surface area (Å²) in [5.41, 5.74) is 1.58. The average Bonchev–Trinajstić information content (AvgIpc) is 2.97. The second-order valence-electron chi connectivity index (χ2n) is 8.71. The molecule has 0 radical (unpaired) electrons. The summed E-state index contributed by atoms with van der Waals surface area (Å²) < 4.78 is 11.6. The topological polar surface area (TPSA) is 65.5 Å². The molecule has 3 aliphatic rings. The maximum Gasteiger partial charge on any atom is 0.334 e. The summed E-state index contributed by atoms with van der Waals surface area (Å²) in [5, 5.41) is 0. The maximum absolute atomic E-state index is 12.4. The molecule has 2 heterocycles. The van der Waals surface area contributed by atoms with Crippen LogP contribution in [0.4, 0.5) is 0 Å². The third-order valence-corrected chi connectivity index (χ3v) is 7.05. The zero-order chi connectivity index (χ0) is 19.9. The molecule has 0 N–H and O–H groups in total. The predicted octanol–water partition coefficient (Wildman–Crippen LogP) is 3.95. The lowest BCUT2D eigenvalue weighted by Gasteiger charge is -2.53. The Morgan fingerprint density at radius 3 is 2.93 bits per heavy atom. The lowest BCUT2D eigenvalue weighted by molar-refractivity contribution is -0.171. The van der Waals surface area contributed by atoms with Crippen molar-refractivity contribution in [1.82, 2.24) is 4.98 Å². The highest BCUT2D eigenvalue weighted by Crippen LogP contribution is 2.57. The molecular formula is C23H27NO4. The lowest BCUT2D eigenvalue weighted by atomic mass is 9.53. The first-order valence-corrected chi connectivity index (χ1v) is 10.1. The molecule has 2 saturated carbocycles. The van der Waals surface area contributed by atoms with Crippen LogP contribution >= 0.6 is 0 Å². The third kappa shape index (κ3) is 3.27. The molecule has 6 unspecified atom stereocenters. The molecule has 0 spiro atoms. The Kier molecular flexibility index (Phi) is 4.86. The summed E-state index contributed by atoms with van der Waals surface area (Å²) >= 11 is 0. The molecule has 0 aromatic carbocycles. The molecular weight excluding hydrogens is 354 g/mol. The average molecular weight is 381 g/mol. The Bertz CT molecular complexity index is 817. The van der Waals surface area contributed by atoms with Gasteiger partial charge in [-0.25, -0.2) is 9.59 Å². The molecule has 5 heteroatoms. The molecule has 1 aromatic rings. The van der Waals surface area contributed by atoms with Crippen molar-refractivity contribution in [2.24, 2.45) is 23.2 Å². The molecule has 1 aromatic heterocycles. The van der Waals surface area contributed by atoms with E-state index in [1.807, 2.05) is 12.1 Å². The van der Waals surface area contributed by atoms with Crippen molar-refractivity contribution in [3.05, 3.63) is 48.3 Å². The fraction of sp³-hybridized carbons (Fsp3) is 0.522. The minimum atomic E-state index is -0.343. The Labute approximate surface area is 165 Å². The van der Waals surface area contributed by atoms with Gasteiger partial charge in [0.05, 0.1) is 0 Å². The minimum Gasteiger partial charge on any atom is -0.459 e. The molecule has 2 aliphatic carbocycles. The van der Waals surface area contributed by atoms with Gasteiger partial charge in [-0.15, -0.1) is 0 Å². The smallest absolute Gasteiger partial charge is 0.334 e. The van der Waals surface area contributed by atoms with E-state index in [1.165, 1.54) is 6.08 Å². The normalized spacial score (nSPS) is 37.3. The Hall–Kier alpha value is -2.43. The van der Waals surface area contributed by atoms with E-state index in [2.05, 4.69) is 25.4 Å². The fourth-order valence-electron chi connectivity index (χ4n) is 5.53. The molecule has 28 heavy (non-hydrogen) atoms. The number of aromatic nitrogens is 1. The molecule has 0 amide bonds. The minimum absolute atomic E-state index is 0.105. The van der Waals surface area contributed by atoms with Gasteiger partial charge in [-0.05, 0) is 48.8 Å². The van der Waals surface area contributed by atoms with Crippen LogP contribution in [0.5, 0.6) is 0 Å². The summed E-state index contributed by atoms with van der Waals surface area (Å²) in [6, 6.07) is 3.71. The zero-order valence-electron chi connectivity index (χ0n) is 16.5. The van der Waals surface area contributed by atoms with Crippen molar-refractivity contribution in [1.29, 1.82) is 0 Å². The van der Waals surface area contributed by atoms with Crippen LogP contribution in [0.25, 0.3) is 6.08 Å². The number of carbonyl (C=O) groups is 2. The lowest BCUT2D eigenvalue weighted by Crippen LogP contribution is -2.53. The zero-order valence-corrected chi connectivity index (χ0v) is 16.5. The molecule has 148 valence electrons. The van der Waals surface area contributed by atoms with Gasteiger partial charge in [-0.2, -0.15) is 0 Å². The van der Waals surface area contributed by atoms with Gasteiger partial charge in [0.15, 0.2) is 0 Å². The van der Waals surface area contributed by atoms with Crippen LogP contribution in [0.1, 0.15) is 45.1 Å². The Morgan fingerprint density at radius 1 is 1.39 bits per heavy atom. The fourth-order valence-corrected chi connectivity index (χ4v) is 5.53. The summed E-state index contributed by atoms with van der Waals surface area (Å²) in [7, 11) is 0. The summed E-state index contributed by atoms with van der Waals surface area (Å²) in [5.74, 6) is -0.188. The first-order valence-electron chi connectivity index (χ1n) is 10.1. The van der Waals surface area contributed by atoms with Crippen molar-refractivity contribution < 1.29 is 19.1 Å². The van der Waals surface area contributed by atoms with Crippen LogP contribution < -0.4 is 0 Å². The van der Waals surface area contributed by atoms with Crippen LogP contribution in [-0.2, 0) is 19.1 Å². The highest BCUT2D eigenvalue weighted by Gasteiger charge is 2.58. The number of esters is 2. The standard InChI is InChI=1S/C23H27NO4/c1-14-17-8-10-23(3)11-9-18(15(2)20(23)21(17)28-22(14)26)27-19(25)7-6-16-5-4-12-24-13-16/h4-7,12-13,15,17-18,20-21H,1,8-11H2,2-3H3. The van der Waals surface area contributed by atoms with Crippen LogP contribution in [0, 0.1) is 23.2 Å². The van der Waals surface area contributed by atoms with E-state index in [-0.39, 0.29) is 47.3 Å². The number of rotatable bonds is 3. The molecule has 4 rings (SSSR count). The molecule has 6 atom stereocenters. The van der Waals surface area contributed by atoms with E-state index in [0.717, 1.165) is 31.2 Å². The highest BCUT2D eigenvalue weighted by molar-refractivity contribution is 5.91. The van der Waals surface area contributed by atoms with Gasteiger partial charge in [0.1, 0.15) is 12.2 Å². The van der Waals surface area contributed by atoms with Gasteiger partial charge < -0.3 is 9.47 Å².